The Bertz CT molecular complexity index is 1050. The largest absolute Gasteiger partial charge is 0.491 e. The lowest BCUT2D eigenvalue weighted by Crippen LogP contribution is -2.34. The number of aliphatic hydroxyl groups is 2. The topological polar surface area (TPSA) is 145 Å². The van der Waals surface area contributed by atoms with Crippen LogP contribution in [-0.2, 0) is 14.3 Å². The van der Waals surface area contributed by atoms with E-state index in [1.165, 1.54) is 24.3 Å². The number of ether oxygens (including phenoxy) is 3. The third kappa shape index (κ3) is 9.13. The fourth-order valence-corrected chi connectivity index (χ4v) is 3.99. The number of para-hydroxylation sites is 1. The summed E-state index contributed by atoms with van der Waals surface area (Å²) in [5.74, 6) is -0.552. The van der Waals surface area contributed by atoms with Crippen LogP contribution in [-0.4, -0.2) is 59.4 Å². The first-order valence-corrected chi connectivity index (χ1v) is 12.3. The predicted octanol–water partition coefficient (Wildman–Crippen LogP) is 2.58. The van der Waals surface area contributed by atoms with Crippen LogP contribution in [0.1, 0.15) is 42.5 Å². The van der Waals surface area contributed by atoms with E-state index in [1.807, 2.05) is 30.4 Å². The molecule has 1 unspecified atom stereocenters. The van der Waals surface area contributed by atoms with Crippen LogP contribution in [0.3, 0.4) is 0 Å². The average molecular weight is 512 g/mol. The highest BCUT2D eigenvalue weighted by molar-refractivity contribution is 5.92. The number of carbonyl (C=O) groups is 3. The number of primary amides is 1. The molecule has 4 atom stereocenters. The minimum absolute atomic E-state index is 0.0199. The van der Waals surface area contributed by atoms with Crippen LogP contribution in [0.15, 0.2) is 66.7 Å². The van der Waals surface area contributed by atoms with Gasteiger partial charge >= 0.3 is 5.97 Å². The van der Waals surface area contributed by atoms with Crippen molar-refractivity contribution in [2.45, 2.75) is 50.4 Å². The van der Waals surface area contributed by atoms with Gasteiger partial charge in [-0.2, -0.15) is 0 Å². The molecule has 2 aromatic carbocycles. The molecule has 37 heavy (non-hydrogen) atoms. The second kappa shape index (κ2) is 14.3. The zero-order chi connectivity index (χ0) is 26.6. The number of hydrogen-bond donors (Lipinski definition) is 3. The molecule has 0 heterocycles. The summed E-state index contributed by atoms with van der Waals surface area (Å²) in [5.41, 5.74) is 5.52. The molecule has 1 saturated carbocycles. The Labute approximate surface area is 215 Å². The number of allylic oxidation sites excluding steroid dienone is 2. The maximum absolute atomic E-state index is 12.3. The quantitative estimate of drug-likeness (QED) is 0.152. The van der Waals surface area contributed by atoms with Crippen molar-refractivity contribution in [1.29, 1.82) is 0 Å². The molecule has 0 saturated heterocycles. The lowest BCUT2D eigenvalue weighted by Gasteiger charge is -2.22. The zero-order valence-corrected chi connectivity index (χ0v) is 20.5. The van der Waals surface area contributed by atoms with Gasteiger partial charge in [-0.05, 0) is 55.7 Å². The molecule has 1 aliphatic rings. The van der Waals surface area contributed by atoms with Gasteiger partial charge in [0.1, 0.15) is 30.0 Å². The van der Waals surface area contributed by atoms with E-state index in [0.717, 1.165) is 0 Å². The standard InChI is InChI=1S/C28H33NO8/c29-28(34)19-12-14-22(15-13-19)37-26(33)11-7-2-1-6-10-23-24(31)16-25(32)27(23)36-18-20(30)17-35-21-8-4-3-5-9-21/h1,3-6,8-9,12-15,20,23,25,27,30,32H,2,7,10-11,16-18H2,(H2,29,34)/t20?,23-,25+,27+/m0/s1. The first-order valence-electron chi connectivity index (χ1n) is 12.3. The molecule has 2 aromatic rings. The Balaban J connectivity index is 1.35. The van der Waals surface area contributed by atoms with Crippen LogP contribution in [0.4, 0.5) is 0 Å². The van der Waals surface area contributed by atoms with Gasteiger partial charge in [0.15, 0.2) is 0 Å². The molecule has 3 rings (SSSR count). The van der Waals surface area contributed by atoms with Crippen molar-refractivity contribution in [3.8, 4) is 11.5 Å². The molecular weight excluding hydrogens is 478 g/mol. The highest BCUT2D eigenvalue weighted by Crippen LogP contribution is 2.29. The number of aliphatic hydroxyl groups excluding tert-OH is 2. The molecule has 0 aliphatic heterocycles. The number of ketones is 1. The Morgan fingerprint density at radius 3 is 2.46 bits per heavy atom. The molecule has 198 valence electrons. The second-order valence-electron chi connectivity index (χ2n) is 8.88. The molecule has 9 nitrogen and oxygen atoms in total. The Morgan fingerprint density at radius 1 is 1.03 bits per heavy atom. The van der Waals surface area contributed by atoms with Gasteiger partial charge in [-0.1, -0.05) is 30.4 Å². The maximum Gasteiger partial charge on any atom is 0.311 e. The molecule has 0 bridgehead atoms. The van der Waals surface area contributed by atoms with Crippen molar-refractivity contribution >= 4 is 17.7 Å². The van der Waals surface area contributed by atoms with Crippen molar-refractivity contribution in [2.75, 3.05) is 13.2 Å². The monoisotopic (exact) mass is 511 g/mol. The third-order valence-corrected chi connectivity index (χ3v) is 5.95. The Hall–Kier alpha value is -3.53. The van der Waals surface area contributed by atoms with Gasteiger partial charge in [0.25, 0.3) is 0 Å². The Kier molecular flexibility index (Phi) is 10.8. The van der Waals surface area contributed by atoms with E-state index in [4.69, 9.17) is 19.9 Å². The lowest BCUT2D eigenvalue weighted by atomic mass is 9.99. The number of Topliss-reactive ketones (excluding diaryl/α,β-unsaturated/α-hetero) is 1. The average Bonchev–Trinajstić information content (AvgIpc) is 3.16. The van der Waals surface area contributed by atoms with E-state index < -0.39 is 36.1 Å². The zero-order valence-electron chi connectivity index (χ0n) is 20.5. The van der Waals surface area contributed by atoms with Gasteiger partial charge in [-0.15, -0.1) is 0 Å². The van der Waals surface area contributed by atoms with E-state index in [0.29, 0.717) is 36.3 Å². The van der Waals surface area contributed by atoms with Gasteiger partial charge in [-0.25, -0.2) is 0 Å². The summed E-state index contributed by atoms with van der Waals surface area (Å²) >= 11 is 0. The van der Waals surface area contributed by atoms with Crippen LogP contribution in [0.25, 0.3) is 0 Å². The molecule has 9 heteroatoms. The normalized spacial score (nSPS) is 20.2. The van der Waals surface area contributed by atoms with E-state index in [-0.39, 0.29) is 31.8 Å². The molecule has 0 spiro atoms. The molecule has 1 fully saturated rings. The maximum atomic E-state index is 12.3. The summed E-state index contributed by atoms with van der Waals surface area (Å²) in [6.45, 7) is -0.0259. The molecule has 1 aliphatic carbocycles. The van der Waals surface area contributed by atoms with Crippen molar-refractivity contribution in [1.82, 2.24) is 0 Å². The molecule has 0 radical (unpaired) electrons. The van der Waals surface area contributed by atoms with Crippen molar-refractivity contribution in [3.63, 3.8) is 0 Å². The van der Waals surface area contributed by atoms with Crippen LogP contribution in [0, 0.1) is 5.92 Å². The summed E-state index contributed by atoms with van der Waals surface area (Å²) in [5, 5.41) is 20.4. The number of unbranched alkanes of at least 4 members (excludes halogenated alkanes) is 1. The first kappa shape index (κ1) is 28.0. The van der Waals surface area contributed by atoms with E-state index in [2.05, 4.69) is 0 Å². The molecule has 0 aromatic heterocycles. The number of hydrogen-bond acceptors (Lipinski definition) is 8. The van der Waals surface area contributed by atoms with Crippen LogP contribution >= 0.6 is 0 Å². The number of esters is 1. The molecular formula is C28H33NO8. The van der Waals surface area contributed by atoms with Crippen molar-refractivity contribution < 1.29 is 38.8 Å². The first-order chi connectivity index (χ1) is 17.8. The van der Waals surface area contributed by atoms with Gasteiger partial charge in [0.05, 0.1) is 18.8 Å². The lowest BCUT2D eigenvalue weighted by molar-refractivity contribution is -0.134. The second-order valence-corrected chi connectivity index (χ2v) is 8.88. The van der Waals surface area contributed by atoms with Gasteiger partial charge in [0, 0.05) is 24.3 Å². The smallest absolute Gasteiger partial charge is 0.311 e. The van der Waals surface area contributed by atoms with E-state index in [9.17, 15) is 24.6 Å². The number of rotatable bonds is 14. The van der Waals surface area contributed by atoms with Gasteiger partial charge in [-0.3, -0.25) is 14.4 Å². The van der Waals surface area contributed by atoms with Crippen LogP contribution in [0.5, 0.6) is 11.5 Å². The van der Waals surface area contributed by atoms with Crippen LogP contribution < -0.4 is 15.2 Å². The number of benzene rings is 2. The fraction of sp³-hybridized carbons (Fsp3) is 0.393. The third-order valence-electron chi connectivity index (χ3n) is 5.95. The minimum Gasteiger partial charge on any atom is -0.491 e. The number of amides is 1. The fourth-order valence-electron chi connectivity index (χ4n) is 3.99. The van der Waals surface area contributed by atoms with E-state index in [1.54, 1.807) is 12.1 Å². The summed E-state index contributed by atoms with van der Waals surface area (Å²) in [6, 6.07) is 15.1. The van der Waals surface area contributed by atoms with Crippen LogP contribution in [0.2, 0.25) is 0 Å². The van der Waals surface area contributed by atoms with Gasteiger partial charge < -0.3 is 30.2 Å². The summed E-state index contributed by atoms with van der Waals surface area (Å²) in [6.07, 6.45) is 3.01. The van der Waals surface area contributed by atoms with E-state index >= 15 is 0 Å². The van der Waals surface area contributed by atoms with Crippen molar-refractivity contribution in [3.05, 3.63) is 72.3 Å². The minimum atomic E-state index is -0.917. The number of nitrogens with two attached hydrogens (primary N) is 1. The number of carbonyl (C=O) groups excluding carboxylic acids is 3. The SMILES string of the molecule is NC(=O)c1ccc(OC(=O)CCCC=CC[C@H]2C(=O)C[C@@H](O)[C@@H]2OCC(O)COc2ccccc2)cc1. The summed E-state index contributed by atoms with van der Waals surface area (Å²) in [4.78, 5) is 35.4. The highest BCUT2D eigenvalue weighted by atomic mass is 16.5. The predicted molar refractivity (Wildman–Crippen MR) is 135 cm³/mol. The Morgan fingerprint density at radius 2 is 1.76 bits per heavy atom. The summed E-state index contributed by atoms with van der Waals surface area (Å²) in [7, 11) is 0. The molecule has 4 N–H and O–H groups in total. The van der Waals surface area contributed by atoms with Crippen molar-refractivity contribution in [2.24, 2.45) is 11.7 Å². The molecule has 1 amide bonds. The summed E-state index contributed by atoms with van der Waals surface area (Å²) < 4.78 is 16.4. The van der Waals surface area contributed by atoms with Gasteiger partial charge in [0.2, 0.25) is 5.91 Å². The highest BCUT2D eigenvalue weighted by Gasteiger charge is 2.41.